The van der Waals surface area contributed by atoms with Crippen LogP contribution in [0.25, 0.3) is 0 Å². The summed E-state index contributed by atoms with van der Waals surface area (Å²) in [5.41, 5.74) is 1.59. The molecule has 0 bridgehead atoms. The summed E-state index contributed by atoms with van der Waals surface area (Å²) in [7, 11) is 1.61. The van der Waals surface area contributed by atoms with Crippen molar-refractivity contribution in [3.05, 3.63) is 59.7 Å². The second-order valence-electron chi connectivity index (χ2n) is 5.98. The number of carbonyl (C=O) groups is 1. The minimum atomic E-state index is -0.0988. The summed E-state index contributed by atoms with van der Waals surface area (Å²) in [6.45, 7) is 1.77. The zero-order valence-corrected chi connectivity index (χ0v) is 14.4. The molecule has 1 heterocycles. The Hall–Kier alpha value is -2.53. The van der Waals surface area contributed by atoms with Crippen LogP contribution in [0.15, 0.2) is 48.5 Å². The molecule has 2 aromatic carbocycles. The molecule has 0 saturated carbocycles. The quantitative estimate of drug-likeness (QED) is 0.840. The standard InChI is InChI=1S/C20H23NO4/c1-23-19-12-15(13-21-20(22)16-6-3-2-4-7-16)9-10-18(19)25-14-17-8-5-11-24-17/h2-4,6-7,9-10,12,17H,5,8,11,13-14H2,1H3,(H,21,22). The zero-order valence-electron chi connectivity index (χ0n) is 14.4. The van der Waals surface area contributed by atoms with Crippen LogP contribution in [-0.4, -0.2) is 32.3 Å². The van der Waals surface area contributed by atoms with Crippen LogP contribution < -0.4 is 14.8 Å². The molecule has 1 fully saturated rings. The van der Waals surface area contributed by atoms with Gasteiger partial charge in [-0.3, -0.25) is 4.79 Å². The van der Waals surface area contributed by atoms with Crippen molar-refractivity contribution >= 4 is 5.91 Å². The van der Waals surface area contributed by atoms with E-state index in [2.05, 4.69) is 5.32 Å². The van der Waals surface area contributed by atoms with E-state index in [-0.39, 0.29) is 12.0 Å². The van der Waals surface area contributed by atoms with E-state index in [0.717, 1.165) is 25.0 Å². The Morgan fingerprint density at radius 2 is 2.04 bits per heavy atom. The lowest BCUT2D eigenvalue weighted by Gasteiger charge is -2.15. The lowest BCUT2D eigenvalue weighted by molar-refractivity contribution is 0.0669. The molecule has 0 aliphatic carbocycles. The topological polar surface area (TPSA) is 56.8 Å². The summed E-state index contributed by atoms with van der Waals surface area (Å²) >= 11 is 0. The molecule has 0 radical (unpaired) electrons. The van der Waals surface area contributed by atoms with E-state index >= 15 is 0 Å². The number of hydrogen-bond donors (Lipinski definition) is 1. The molecule has 2 aromatic rings. The van der Waals surface area contributed by atoms with Crippen molar-refractivity contribution in [2.45, 2.75) is 25.5 Å². The van der Waals surface area contributed by atoms with Crippen LogP contribution in [0.2, 0.25) is 0 Å². The lowest BCUT2D eigenvalue weighted by Crippen LogP contribution is -2.22. The number of benzene rings is 2. The second kappa shape index (κ2) is 8.53. The summed E-state index contributed by atoms with van der Waals surface area (Å²) in [5, 5.41) is 2.91. The first kappa shape index (κ1) is 17.3. The van der Waals surface area contributed by atoms with Gasteiger partial charge >= 0.3 is 0 Å². The number of carbonyl (C=O) groups excluding carboxylic acids is 1. The van der Waals surface area contributed by atoms with Gasteiger partial charge in [-0.2, -0.15) is 0 Å². The summed E-state index contributed by atoms with van der Waals surface area (Å²) in [6.07, 6.45) is 2.28. The van der Waals surface area contributed by atoms with Gasteiger partial charge in [0.15, 0.2) is 11.5 Å². The highest BCUT2D eigenvalue weighted by Crippen LogP contribution is 2.29. The van der Waals surface area contributed by atoms with Gasteiger partial charge in [-0.25, -0.2) is 0 Å². The normalized spacial score (nSPS) is 16.4. The van der Waals surface area contributed by atoms with E-state index in [9.17, 15) is 4.79 Å². The van der Waals surface area contributed by atoms with E-state index in [1.807, 2.05) is 36.4 Å². The predicted molar refractivity (Wildman–Crippen MR) is 95.1 cm³/mol. The molecule has 132 valence electrons. The van der Waals surface area contributed by atoms with Crippen molar-refractivity contribution in [1.29, 1.82) is 0 Å². The first-order valence-electron chi connectivity index (χ1n) is 8.51. The first-order valence-corrected chi connectivity index (χ1v) is 8.51. The molecule has 0 spiro atoms. The van der Waals surface area contributed by atoms with Gasteiger partial charge in [-0.05, 0) is 42.7 Å². The molecular formula is C20H23NO4. The van der Waals surface area contributed by atoms with Crippen LogP contribution in [0.4, 0.5) is 0 Å². The largest absolute Gasteiger partial charge is 0.493 e. The fraction of sp³-hybridized carbons (Fsp3) is 0.350. The Morgan fingerprint density at radius 3 is 2.76 bits per heavy atom. The van der Waals surface area contributed by atoms with Crippen LogP contribution in [-0.2, 0) is 11.3 Å². The van der Waals surface area contributed by atoms with Gasteiger partial charge in [0.2, 0.25) is 0 Å². The summed E-state index contributed by atoms with van der Waals surface area (Å²) < 4.78 is 16.8. The number of methoxy groups -OCH3 is 1. The fourth-order valence-electron chi connectivity index (χ4n) is 2.77. The Bertz CT molecular complexity index is 696. The number of amides is 1. The fourth-order valence-corrected chi connectivity index (χ4v) is 2.77. The molecule has 1 aliphatic rings. The third-order valence-electron chi connectivity index (χ3n) is 4.17. The monoisotopic (exact) mass is 341 g/mol. The van der Waals surface area contributed by atoms with E-state index in [1.165, 1.54) is 0 Å². The van der Waals surface area contributed by atoms with Crippen LogP contribution in [0.1, 0.15) is 28.8 Å². The van der Waals surface area contributed by atoms with E-state index in [1.54, 1.807) is 19.2 Å². The molecule has 0 aromatic heterocycles. The SMILES string of the molecule is COc1cc(CNC(=O)c2ccccc2)ccc1OCC1CCCO1. The molecule has 1 saturated heterocycles. The van der Waals surface area contributed by atoms with Crippen LogP contribution in [0, 0.1) is 0 Å². The Morgan fingerprint density at radius 1 is 1.20 bits per heavy atom. The van der Waals surface area contributed by atoms with Crippen molar-refractivity contribution in [2.24, 2.45) is 0 Å². The zero-order chi connectivity index (χ0) is 17.5. The molecule has 3 rings (SSSR count). The van der Waals surface area contributed by atoms with E-state index < -0.39 is 0 Å². The van der Waals surface area contributed by atoms with Crippen molar-refractivity contribution < 1.29 is 19.0 Å². The van der Waals surface area contributed by atoms with Crippen molar-refractivity contribution in [3.63, 3.8) is 0 Å². The van der Waals surface area contributed by atoms with Gasteiger partial charge < -0.3 is 19.5 Å². The lowest BCUT2D eigenvalue weighted by atomic mass is 10.1. The molecule has 1 atom stereocenters. The number of ether oxygens (including phenoxy) is 3. The highest BCUT2D eigenvalue weighted by molar-refractivity contribution is 5.94. The molecule has 1 N–H and O–H groups in total. The highest BCUT2D eigenvalue weighted by Gasteiger charge is 2.17. The Balaban J connectivity index is 1.57. The summed E-state index contributed by atoms with van der Waals surface area (Å²) in [5.74, 6) is 1.25. The van der Waals surface area contributed by atoms with Gasteiger partial charge in [-0.1, -0.05) is 24.3 Å². The first-order chi connectivity index (χ1) is 12.3. The maximum atomic E-state index is 12.1. The van der Waals surface area contributed by atoms with E-state index in [0.29, 0.717) is 30.2 Å². The summed E-state index contributed by atoms with van der Waals surface area (Å²) in [6, 6.07) is 14.8. The minimum absolute atomic E-state index is 0.0988. The average molecular weight is 341 g/mol. The van der Waals surface area contributed by atoms with Crippen molar-refractivity contribution in [3.8, 4) is 11.5 Å². The highest BCUT2D eigenvalue weighted by atomic mass is 16.5. The van der Waals surface area contributed by atoms with Crippen LogP contribution in [0.3, 0.4) is 0 Å². The maximum absolute atomic E-state index is 12.1. The molecular weight excluding hydrogens is 318 g/mol. The van der Waals surface area contributed by atoms with Gasteiger partial charge in [0.1, 0.15) is 6.61 Å². The minimum Gasteiger partial charge on any atom is -0.493 e. The average Bonchev–Trinajstić information content (AvgIpc) is 3.19. The van der Waals surface area contributed by atoms with Gasteiger partial charge in [0.25, 0.3) is 5.91 Å². The third-order valence-corrected chi connectivity index (χ3v) is 4.17. The number of nitrogens with one attached hydrogen (secondary N) is 1. The molecule has 5 heteroatoms. The Labute approximate surface area is 147 Å². The van der Waals surface area contributed by atoms with Crippen LogP contribution >= 0.6 is 0 Å². The second-order valence-corrected chi connectivity index (χ2v) is 5.98. The van der Waals surface area contributed by atoms with Crippen LogP contribution in [0.5, 0.6) is 11.5 Å². The molecule has 1 unspecified atom stereocenters. The van der Waals surface area contributed by atoms with Crippen molar-refractivity contribution in [2.75, 3.05) is 20.3 Å². The summed E-state index contributed by atoms with van der Waals surface area (Å²) in [4.78, 5) is 12.1. The third kappa shape index (κ3) is 4.73. The van der Waals surface area contributed by atoms with Crippen molar-refractivity contribution in [1.82, 2.24) is 5.32 Å². The van der Waals surface area contributed by atoms with E-state index in [4.69, 9.17) is 14.2 Å². The Kier molecular flexibility index (Phi) is 5.90. The van der Waals surface area contributed by atoms with Gasteiger partial charge in [0.05, 0.1) is 13.2 Å². The number of rotatable bonds is 7. The molecule has 5 nitrogen and oxygen atoms in total. The van der Waals surface area contributed by atoms with Gasteiger partial charge in [0, 0.05) is 18.7 Å². The number of hydrogen-bond acceptors (Lipinski definition) is 4. The molecule has 1 amide bonds. The van der Waals surface area contributed by atoms with Gasteiger partial charge in [-0.15, -0.1) is 0 Å². The maximum Gasteiger partial charge on any atom is 0.251 e. The molecule has 1 aliphatic heterocycles. The predicted octanol–water partition coefficient (Wildman–Crippen LogP) is 3.18. The molecule has 25 heavy (non-hydrogen) atoms. The smallest absolute Gasteiger partial charge is 0.251 e.